The van der Waals surface area contributed by atoms with Crippen molar-refractivity contribution in [2.45, 2.75) is 39.7 Å². The lowest BCUT2D eigenvalue weighted by Gasteiger charge is -2.29. The van der Waals surface area contributed by atoms with E-state index >= 15 is 0 Å². The van der Waals surface area contributed by atoms with Gasteiger partial charge < -0.3 is 14.6 Å². The molecule has 1 atom stereocenters. The fourth-order valence-corrected chi connectivity index (χ4v) is 3.29. The Kier molecular flexibility index (Phi) is 4.65. The van der Waals surface area contributed by atoms with Crippen LogP contribution in [-0.2, 0) is 11.2 Å². The predicted molar refractivity (Wildman–Crippen MR) is 96.0 cm³/mol. The number of para-hydroxylation sites is 1. The van der Waals surface area contributed by atoms with Crippen LogP contribution in [0.25, 0.3) is 0 Å². The number of hydrogen-bond donors (Lipinski definition) is 1. The lowest BCUT2D eigenvalue weighted by molar-refractivity contribution is -0.122. The number of nitrogens with zero attached hydrogens (tertiary/aromatic N) is 1. The van der Waals surface area contributed by atoms with Crippen molar-refractivity contribution >= 4 is 11.6 Å². The van der Waals surface area contributed by atoms with Crippen LogP contribution in [-0.4, -0.2) is 19.0 Å². The van der Waals surface area contributed by atoms with Crippen LogP contribution in [0.5, 0.6) is 0 Å². The number of hydrogen-bond acceptors (Lipinski definition) is 3. The molecular formula is C20H26N2O2. The number of nitrogens with one attached hydrogen (secondary N) is 1. The number of amides is 1. The lowest BCUT2D eigenvalue weighted by atomic mass is 9.92. The second-order valence-electron chi connectivity index (χ2n) is 7.64. The van der Waals surface area contributed by atoms with Gasteiger partial charge >= 0.3 is 0 Å². The first-order valence-electron chi connectivity index (χ1n) is 8.59. The first kappa shape index (κ1) is 16.6. The first-order chi connectivity index (χ1) is 11.4. The normalized spacial score (nSPS) is 15.2. The van der Waals surface area contributed by atoms with Crippen LogP contribution in [0.2, 0.25) is 0 Å². The molecule has 4 nitrogen and oxygen atoms in total. The van der Waals surface area contributed by atoms with Gasteiger partial charge in [0.25, 0.3) is 0 Å². The third kappa shape index (κ3) is 3.81. The van der Waals surface area contributed by atoms with Gasteiger partial charge in [-0.15, -0.1) is 0 Å². The standard InChI is InChI=1S/C20H26N2O2/c1-20(2,3)13-19(23)21-14-17(18-9-6-12-24-18)22-11-10-15-7-4-5-8-16(15)22/h4-9,12,17H,10-11,13-14H2,1-3H3,(H,21,23). The number of benzene rings is 1. The Balaban J connectivity index is 1.75. The topological polar surface area (TPSA) is 45.5 Å². The molecule has 1 unspecified atom stereocenters. The highest BCUT2D eigenvalue weighted by Gasteiger charge is 2.29. The average molecular weight is 326 g/mol. The van der Waals surface area contributed by atoms with Gasteiger partial charge in [0.15, 0.2) is 0 Å². The van der Waals surface area contributed by atoms with Crippen LogP contribution in [0.3, 0.4) is 0 Å². The number of fused-ring (bicyclic) bond motifs is 1. The number of anilines is 1. The third-order valence-electron chi connectivity index (χ3n) is 4.35. The highest BCUT2D eigenvalue weighted by molar-refractivity contribution is 5.76. The SMILES string of the molecule is CC(C)(C)CC(=O)NCC(c1ccco1)N1CCc2ccccc21. The van der Waals surface area contributed by atoms with E-state index in [0.29, 0.717) is 13.0 Å². The van der Waals surface area contributed by atoms with E-state index in [9.17, 15) is 4.79 Å². The van der Waals surface area contributed by atoms with Gasteiger partial charge in [0.2, 0.25) is 5.91 Å². The number of carbonyl (C=O) groups is 1. The zero-order chi connectivity index (χ0) is 17.2. The summed E-state index contributed by atoms with van der Waals surface area (Å²) >= 11 is 0. The molecule has 0 radical (unpaired) electrons. The van der Waals surface area contributed by atoms with Crippen LogP contribution in [0, 0.1) is 5.41 Å². The highest BCUT2D eigenvalue weighted by Crippen LogP contribution is 2.35. The number of rotatable bonds is 5. The number of furan rings is 1. The van der Waals surface area contributed by atoms with Gasteiger partial charge in [-0.05, 0) is 35.6 Å². The van der Waals surface area contributed by atoms with E-state index in [1.54, 1.807) is 6.26 Å². The summed E-state index contributed by atoms with van der Waals surface area (Å²) in [6, 6.07) is 12.4. The Hall–Kier alpha value is -2.23. The molecule has 1 N–H and O–H groups in total. The summed E-state index contributed by atoms with van der Waals surface area (Å²) in [7, 11) is 0. The van der Waals surface area contributed by atoms with Gasteiger partial charge in [0.05, 0.1) is 6.26 Å². The largest absolute Gasteiger partial charge is 0.467 e. The molecule has 1 aliphatic heterocycles. The van der Waals surface area contributed by atoms with Crippen LogP contribution < -0.4 is 10.2 Å². The summed E-state index contributed by atoms with van der Waals surface area (Å²) < 4.78 is 5.66. The molecule has 1 amide bonds. The van der Waals surface area contributed by atoms with Crippen molar-refractivity contribution in [2.24, 2.45) is 5.41 Å². The molecule has 2 heterocycles. The van der Waals surface area contributed by atoms with E-state index in [-0.39, 0.29) is 17.4 Å². The average Bonchev–Trinajstić information content (AvgIpc) is 3.16. The van der Waals surface area contributed by atoms with Gasteiger partial charge in [-0.2, -0.15) is 0 Å². The van der Waals surface area contributed by atoms with Gasteiger partial charge in [0.1, 0.15) is 11.8 Å². The molecule has 4 heteroatoms. The Morgan fingerprint density at radius 2 is 2.04 bits per heavy atom. The Morgan fingerprint density at radius 3 is 2.75 bits per heavy atom. The van der Waals surface area contributed by atoms with E-state index < -0.39 is 0 Å². The summed E-state index contributed by atoms with van der Waals surface area (Å²) in [5.74, 6) is 0.981. The van der Waals surface area contributed by atoms with Crippen LogP contribution in [0.15, 0.2) is 47.1 Å². The molecule has 1 aliphatic rings. The molecule has 3 rings (SSSR count). The van der Waals surface area contributed by atoms with E-state index in [2.05, 4.69) is 55.3 Å². The van der Waals surface area contributed by atoms with Crippen LogP contribution in [0.4, 0.5) is 5.69 Å². The van der Waals surface area contributed by atoms with Crippen molar-refractivity contribution in [1.82, 2.24) is 5.32 Å². The molecule has 1 aromatic heterocycles. The molecular weight excluding hydrogens is 300 g/mol. The van der Waals surface area contributed by atoms with Gasteiger partial charge in [0, 0.05) is 25.2 Å². The minimum absolute atomic E-state index is 0.00942. The zero-order valence-electron chi connectivity index (χ0n) is 14.7. The maximum atomic E-state index is 12.2. The van der Waals surface area contributed by atoms with Crippen molar-refractivity contribution in [2.75, 3.05) is 18.0 Å². The Morgan fingerprint density at radius 1 is 1.25 bits per heavy atom. The van der Waals surface area contributed by atoms with Gasteiger partial charge in [-0.3, -0.25) is 4.79 Å². The Labute approximate surface area is 143 Å². The molecule has 0 fully saturated rings. The van der Waals surface area contributed by atoms with Crippen molar-refractivity contribution in [3.63, 3.8) is 0 Å². The molecule has 0 bridgehead atoms. The second-order valence-corrected chi connectivity index (χ2v) is 7.64. The van der Waals surface area contributed by atoms with Crippen molar-refractivity contribution in [3.8, 4) is 0 Å². The molecule has 128 valence electrons. The summed E-state index contributed by atoms with van der Waals surface area (Å²) in [5, 5.41) is 3.09. The summed E-state index contributed by atoms with van der Waals surface area (Å²) in [6.45, 7) is 7.73. The maximum absolute atomic E-state index is 12.2. The molecule has 1 aromatic carbocycles. The maximum Gasteiger partial charge on any atom is 0.220 e. The van der Waals surface area contributed by atoms with Gasteiger partial charge in [-0.25, -0.2) is 0 Å². The van der Waals surface area contributed by atoms with E-state index in [4.69, 9.17) is 4.42 Å². The summed E-state index contributed by atoms with van der Waals surface area (Å²) in [4.78, 5) is 14.6. The second kappa shape index (κ2) is 6.71. The summed E-state index contributed by atoms with van der Waals surface area (Å²) in [6.07, 6.45) is 3.25. The summed E-state index contributed by atoms with van der Waals surface area (Å²) in [5.41, 5.74) is 2.59. The minimum atomic E-state index is -0.00942. The monoisotopic (exact) mass is 326 g/mol. The number of carbonyl (C=O) groups excluding carboxylic acids is 1. The smallest absolute Gasteiger partial charge is 0.220 e. The molecule has 0 saturated heterocycles. The first-order valence-corrected chi connectivity index (χ1v) is 8.59. The van der Waals surface area contributed by atoms with Crippen LogP contribution in [0.1, 0.15) is 44.6 Å². The molecule has 24 heavy (non-hydrogen) atoms. The molecule has 0 saturated carbocycles. The Bertz CT molecular complexity index is 686. The van der Waals surface area contributed by atoms with Crippen molar-refractivity contribution < 1.29 is 9.21 Å². The van der Waals surface area contributed by atoms with Gasteiger partial charge in [-0.1, -0.05) is 39.0 Å². The van der Waals surface area contributed by atoms with E-state index in [1.807, 2.05) is 12.1 Å². The molecule has 0 aliphatic carbocycles. The fraction of sp³-hybridized carbons (Fsp3) is 0.450. The fourth-order valence-electron chi connectivity index (χ4n) is 3.29. The van der Waals surface area contributed by atoms with E-state index in [0.717, 1.165) is 18.7 Å². The predicted octanol–water partition coefficient (Wildman–Crippen LogP) is 3.94. The van der Waals surface area contributed by atoms with Crippen molar-refractivity contribution in [3.05, 3.63) is 54.0 Å². The molecule has 0 spiro atoms. The molecule has 2 aromatic rings. The highest BCUT2D eigenvalue weighted by atomic mass is 16.3. The third-order valence-corrected chi connectivity index (χ3v) is 4.35. The van der Waals surface area contributed by atoms with Crippen molar-refractivity contribution in [1.29, 1.82) is 0 Å². The lowest BCUT2D eigenvalue weighted by Crippen LogP contribution is -2.38. The zero-order valence-corrected chi connectivity index (χ0v) is 14.7. The minimum Gasteiger partial charge on any atom is -0.467 e. The van der Waals surface area contributed by atoms with Crippen LogP contribution >= 0.6 is 0 Å². The van der Waals surface area contributed by atoms with E-state index in [1.165, 1.54) is 11.3 Å². The quantitative estimate of drug-likeness (QED) is 0.905.